The van der Waals surface area contributed by atoms with Gasteiger partial charge in [-0.05, 0) is 42.5 Å². The molecule has 0 atom stereocenters. The van der Waals surface area contributed by atoms with Gasteiger partial charge in [0.15, 0.2) is 0 Å². The maximum atomic E-state index is 13.0. The van der Waals surface area contributed by atoms with Crippen LogP contribution in [0, 0.1) is 0 Å². The summed E-state index contributed by atoms with van der Waals surface area (Å²) >= 11 is 13.8. The summed E-state index contributed by atoms with van der Waals surface area (Å²) in [5, 5.41) is 3.79. The van der Waals surface area contributed by atoms with E-state index in [0.717, 1.165) is 21.2 Å². The van der Waals surface area contributed by atoms with E-state index < -0.39 is 0 Å². The Kier molecular flexibility index (Phi) is 4.34. The average molecular weight is 387 g/mol. The van der Waals surface area contributed by atoms with E-state index in [9.17, 15) is 4.79 Å². The van der Waals surface area contributed by atoms with E-state index in [1.54, 1.807) is 34.9 Å². The fourth-order valence-corrected chi connectivity index (χ4v) is 4.20. The number of fused-ring (bicyclic) bond motifs is 2. The number of hydrogen-bond acceptors (Lipinski definition) is 2. The van der Waals surface area contributed by atoms with Crippen LogP contribution in [0.25, 0.3) is 0 Å². The van der Waals surface area contributed by atoms with Crippen LogP contribution in [0.2, 0.25) is 10.0 Å². The maximum Gasteiger partial charge on any atom is 0.331 e. The molecular weight excluding hydrogens is 375 g/mol. The van der Waals surface area contributed by atoms with E-state index >= 15 is 0 Å². The van der Waals surface area contributed by atoms with Crippen LogP contribution in [-0.4, -0.2) is 6.03 Å². The summed E-state index contributed by atoms with van der Waals surface area (Å²) in [5.74, 6) is 0. The van der Waals surface area contributed by atoms with Gasteiger partial charge in [0.25, 0.3) is 0 Å². The highest BCUT2D eigenvalue weighted by molar-refractivity contribution is 7.99. The van der Waals surface area contributed by atoms with Crippen LogP contribution in [0.3, 0.4) is 0 Å². The summed E-state index contributed by atoms with van der Waals surface area (Å²) in [5.41, 5.74) is 2.20. The highest BCUT2D eigenvalue weighted by Gasteiger charge is 2.28. The summed E-state index contributed by atoms with van der Waals surface area (Å²) in [6, 6.07) is 20.4. The number of urea groups is 1. The van der Waals surface area contributed by atoms with Crippen molar-refractivity contribution in [3.63, 3.8) is 0 Å². The largest absolute Gasteiger partial charge is 0.331 e. The van der Waals surface area contributed by atoms with Crippen LogP contribution in [-0.2, 0) is 0 Å². The highest BCUT2D eigenvalue weighted by Crippen LogP contribution is 2.48. The predicted molar refractivity (Wildman–Crippen MR) is 105 cm³/mol. The molecule has 0 saturated carbocycles. The van der Waals surface area contributed by atoms with Crippen molar-refractivity contribution in [1.82, 2.24) is 0 Å². The molecule has 0 aliphatic carbocycles. The lowest BCUT2D eigenvalue weighted by atomic mass is 10.2. The summed E-state index contributed by atoms with van der Waals surface area (Å²) in [7, 11) is 0. The summed E-state index contributed by atoms with van der Waals surface area (Å²) < 4.78 is 0. The molecule has 1 heterocycles. The summed E-state index contributed by atoms with van der Waals surface area (Å²) in [4.78, 5) is 16.8. The van der Waals surface area contributed by atoms with Gasteiger partial charge in [0.05, 0.1) is 22.1 Å². The second-order valence-electron chi connectivity index (χ2n) is 5.43. The number of hydrogen-bond donors (Lipinski definition) is 1. The second kappa shape index (κ2) is 6.64. The van der Waals surface area contributed by atoms with Crippen LogP contribution in [0.15, 0.2) is 76.5 Å². The van der Waals surface area contributed by atoms with Crippen molar-refractivity contribution in [2.24, 2.45) is 0 Å². The minimum Gasteiger partial charge on any atom is -0.306 e. The van der Waals surface area contributed by atoms with E-state index in [0.29, 0.717) is 15.7 Å². The number of halogens is 2. The lowest BCUT2D eigenvalue weighted by Crippen LogP contribution is -2.32. The number of rotatable bonds is 1. The van der Waals surface area contributed by atoms with Gasteiger partial charge in [0, 0.05) is 14.8 Å². The molecule has 0 saturated heterocycles. The monoisotopic (exact) mass is 386 g/mol. The van der Waals surface area contributed by atoms with Crippen LogP contribution in [0.1, 0.15) is 0 Å². The molecule has 1 aliphatic rings. The molecule has 0 bridgehead atoms. The quantitative estimate of drug-likeness (QED) is 0.496. The van der Waals surface area contributed by atoms with Gasteiger partial charge in [-0.15, -0.1) is 0 Å². The molecule has 25 heavy (non-hydrogen) atoms. The van der Waals surface area contributed by atoms with Crippen LogP contribution in [0.5, 0.6) is 0 Å². The third-order valence-electron chi connectivity index (χ3n) is 3.81. The van der Waals surface area contributed by atoms with Gasteiger partial charge in [-0.1, -0.05) is 59.2 Å². The van der Waals surface area contributed by atoms with Gasteiger partial charge < -0.3 is 5.32 Å². The SMILES string of the molecule is O=C(Nc1ccc(Cl)cc1Cl)N1c2ccccc2Sc2ccccc21. The molecule has 1 aliphatic heterocycles. The number of anilines is 3. The third-order valence-corrected chi connectivity index (χ3v) is 5.49. The predicted octanol–water partition coefficient (Wildman–Crippen LogP) is 6.83. The van der Waals surface area contributed by atoms with Gasteiger partial charge in [0.1, 0.15) is 0 Å². The molecule has 2 amide bonds. The molecule has 0 radical (unpaired) electrons. The number of para-hydroxylation sites is 2. The molecule has 124 valence electrons. The lowest BCUT2D eigenvalue weighted by Gasteiger charge is -2.31. The number of amides is 2. The maximum absolute atomic E-state index is 13.0. The van der Waals surface area contributed by atoms with Crippen molar-refractivity contribution in [3.05, 3.63) is 76.8 Å². The average Bonchev–Trinajstić information content (AvgIpc) is 2.62. The van der Waals surface area contributed by atoms with Crippen molar-refractivity contribution in [1.29, 1.82) is 0 Å². The van der Waals surface area contributed by atoms with Crippen molar-refractivity contribution in [3.8, 4) is 0 Å². The summed E-state index contributed by atoms with van der Waals surface area (Å²) in [6.07, 6.45) is 0. The first kappa shape index (κ1) is 16.3. The van der Waals surface area contributed by atoms with Crippen LogP contribution < -0.4 is 10.2 Å². The fourth-order valence-electron chi connectivity index (χ4n) is 2.69. The van der Waals surface area contributed by atoms with Gasteiger partial charge in [-0.3, -0.25) is 4.90 Å². The zero-order valence-electron chi connectivity index (χ0n) is 12.9. The molecule has 3 nitrogen and oxygen atoms in total. The molecule has 0 spiro atoms. The summed E-state index contributed by atoms with van der Waals surface area (Å²) in [6.45, 7) is 0. The number of carbonyl (C=O) groups excluding carboxylic acids is 1. The normalized spacial score (nSPS) is 12.3. The first-order valence-electron chi connectivity index (χ1n) is 7.55. The fraction of sp³-hybridized carbons (Fsp3) is 0. The molecule has 3 aromatic rings. The van der Waals surface area contributed by atoms with E-state index in [2.05, 4.69) is 5.32 Å². The Hall–Kier alpha value is -2.14. The molecule has 0 aromatic heterocycles. The van der Waals surface area contributed by atoms with Crippen LogP contribution in [0.4, 0.5) is 21.9 Å². The van der Waals surface area contributed by atoms with E-state index in [1.807, 2.05) is 48.5 Å². The Morgan fingerprint density at radius 3 is 2.08 bits per heavy atom. The van der Waals surface area contributed by atoms with E-state index in [4.69, 9.17) is 23.2 Å². The highest BCUT2D eigenvalue weighted by atomic mass is 35.5. The van der Waals surface area contributed by atoms with Crippen molar-refractivity contribution in [2.45, 2.75) is 9.79 Å². The minimum atomic E-state index is -0.274. The van der Waals surface area contributed by atoms with Gasteiger partial charge in [-0.25, -0.2) is 4.79 Å². The van der Waals surface area contributed by atoms with Crippen LogP contribution >= 0.6 is 35.0 Å². The van der Waals surface area contributed by atoms with E-state index in [-0.39, 0.29) is 6.03 Å². The Morgan fingerprint density at radius 1 is 0.880 bits per heavy atom. The molecule has 0 fully saturated rings. The Balaban J connectivity index is 1.75. The lowest BCUT2D eigenvalue weighted by molar-refractivity contribution is 0.259. The standard InChI is InChI=1S/C19H12Cl2N2OS/c20-12-9-10-14(13(21)11-12)22-19(24)23-15-5-1-3-7-17(15)25-18-8-4-2-6-16(18)23/h1-11H,(H,22,24). The smallest absolute Gasteiger partial charge is 0.306 e. The molecule has 0 unspecified atom stereocenters. The number of nitrogens with zero attached hydrogens (tertiary/aromatic N) is 1. The number of benzene rings is 3. The first-order valence-corrected chi connectivity index (χ1v) is 9.13. The zero-order chi connectivity index (χ0) is 17.4. The van der Waals surface area contributed by atoms with Crippen molar-refractivity contribution < 1.29 is 4.79 Å². The molecule has 6 heteroatoms. The molecule has 1 N–H and O–H groups in total. The zero-order valence-corrected chi connectivity index (χ0v) is 15.2. The topological polar surface area (TPSA) is 32.3 Å². The second-order valence-corrected chi connectivity index (χ2v) is 7.35. The third kappa shape index (κ3) is 3.09. The number of carbonyl (C=O) groups is 1. The number of nitrogens with one attached hydrogen (secondary N) is 1. The first-order chi connectivity index (χ1) is 12.1. The molecule has 4 rings (SSSR count). The van der Waals surface area contributed by atoms with Gasteiger partial charge >= 0.3 is 6.03 Å². The van der Waals surface area contributed by atoms with Crippen molar-refractivity contribution >= 4 is 58.1 Å². The minimum absolute atomic E-state index is 0.274. The molecule has 3 aromatic carbocycles. The Bertz CT molecular complexity index is 932. The van der Waals surface area contributed by atoms with E-state index in [1.165, 1.54) is 0 Å². The molecular formula is C19H12Cl2N2OS. The Labute approximate surface area is 159 Å². The Morgan fingerprint density at radius 2 is 1.48 bits per heavy atom. The van der Waals surface area contributed by atoms with Gasteiger partial charge in [-0.2, -0.15) is 0 Å². The van der Waals surface area contributed by atoms with Crippen molar-refractivity contribution in [2.75, 3.05) is 10.2 Å². The van der Waals surface area contributed by atoms with Gasteiger partial charge in [0.2, 0.25) is 0 Å².